The predicted octanol–water partition coefficient (Wildman–Crippen LogP) is 3.58. The highest BCUT2D eigenvalue weighted by Crippen LogP contribution is 2.36. The summed E-state index contributed by atoms with van der Waals surface area (Å²) in [7, 11) is 0. The summed E-state index contributed by atoms with van der Waals surface area (Å²) in [6.45, 7) is 3.60. The number of halogens is 1. The largest absolute Gasteiger partial charge is 0.396 e. The van der Waals surface area contributed by atoms with E-state index in [0.717, 1.165) is 19.4 Å². The number of aliphatic hydroxyl groups excluding tert-OH is 1. The average molecular weight is 308 g/mol. The minimum Gasteiger partial charge on any atom is -0.396 e. The molecule has 0 saturated heterocycles. The van der Waals surface area contributed by atoms with Crippen LogP contribution in [0, 0.1) is 6.92 Å². The number of aromatic nitrogens is 1. The van der Waals surface area contributed by atoms with Gasteiger partial charge in [-0.05, 0) is 65.7 Å². The fourth-order valence-corrected chi connectivity index (χ4v) is 3.57. The Hall–Kier alpha value is -0.800. The SMILES string of the molecule is Cc1c(Br)c2cc(CCCO)cc3c2n1CCC3. The van der Waals surface area contributed by atoms with E-state index in [1.165, 1.54) is 45.0 Å². The van der Waals surface area contributed by atoms with Gasteiger partial charge in [0.15, 0.2) is 0 Å². The Morgan fingerprint density at radius 1 is 1.39 bits per heavy atom. The topological polar surface area (TPSA) is 25.2 Å². The smallest absolute Gasteiger partial charge is 0.0526 e. The summed E-state index contributed by atoms with van der Waals surface area (Å²) in [5.41, 5.74) is 5.58. The van der Waals surface area contributed by atoms with Crippen molar-refractivity contribution in [2.24, 2.45) is 0 Å². The third-order valence-corrected chi connectivity index (χ3v) is 4.93. The molecule has 0 fully saturated rings. The first-order valence-corrected chi connectivity index (χ1v) is 7.42. The van der Waals surface area contributed by atoms with Gasteiger partial charge in [-0.25, -0.2) is 0 Å². The van der Waals surface area contributed by atoms with Crippen LogP contribution in [0.4, 0.5) is 0 Å². The van der Waals surface area contributed by atoms with Crippen molar-refractivity contribution in [3.63, 3.8) is 0 Å². The Bertz CT molecular complexity index is 600. The molecular weight excluding hydrogens is 290 g/mol. The first-order valence-electron chi connectivity index (χ1n) is 6.63. The molecule has 18 heavy (non-hydrogen) atoms. The molecule has 1 N–H and O–H groups in total. The molecule has 0 atom stereocenters. The minimum absolute atomic E-state index is 0.272. The standard InChI is InChI=1S/C15H18BrNO/c1-10-14(16)13-9-11(4-3-7-18)8-12-5-2-6-17(10)15(12)13/h8-9,18H,2-7H2,1H3. The number of nitrogens with zero attached hydrogens (tertiary/aromatic N) is 1. The fourth-order valence-electron chi connectivity index (χ4n) is 3.05. The van der Waals surface area contributed by atoms with Gasteiger partial charge >= 0.3 is 0 Å². The maximum atomic E-state index is 8.97. The van der Waals surface area contributed by atoms with Crippen molar-refractivity contribution in [2.45, 2.75) is 39.2 Å². The van der Waals surface area contributed by atoms with Crippen LogP contribution in [-0.2, 0) is 19.4 Å². The maximum Gasteiger partial charge on any atom is 0.0526 e. The van der Waals surface area contributed by atoms with Crippen molar-refractivity contribution in [1.29, 1.82) is 0 Å². The van der Waals surface area contributed by atoms with Gasteiger partial charge in [0.25, 0.3) is 0 Å². The molecule has 0 radical (unpaired) electrons. The second-order valence-corrected chi connectivity index (χ2v) is 5.93. The summed E-state index contributed by atoms with van der Waals surface area (Å²) in [6.07, 6.45) is 4.23. The van der Waals surface area contributed by atoms with E-state index in [9.17, 15) is 0 Å². The molecular formula is C15H18BrNO. The van der Waals surface area contributed by atoms with Crippen LogP contribution in [0.1, 0.15) is 29.7 Å². The number of aryl methyl sites for hydroxylation is 3. The number of hydrogen-bond acceptors (Lipinski definition) is 1. The van der Waals surface area contributed by atoms with Gasteiger partial charge in [0.05, 0.1) is 5.52 Å². The molecule has 0 bridgehead atoms. The molecule has 1 aliphatic rings. The lowest BCUT2D eigenvalue weighted by Crippen LogP contribution is -2.09. The maximum absolute atomic E-state index is 8.97. The Balaban J connectivity index is 2.20. The lowest BCUT2D eigenvalue weighted by Gasteiger charge is -2.18. The molecule has 1 aliphatic heterocycles. The van der Waals surface area contributed by atoms with E-state index in [1.54, 1.807) is 0 Å². The van der Waals surface area contributed by atoms with Crippen LogP contribution >= 0.6 is 15.9 Å². The van der Waals surface area contributed by atoms with Gasteiger partial charge in [-0.1, -0.05) is 6.07 Å². The second-order valence-electron chi connectivity index (χ2n) is 5.13. The number of benzene rings is 1. The molecule has 2 aromatic rings. The van der Waals surface area contributed by atoms with Crippen LogP contribution in [0.3, 0.4) is 0 Å². The number of aliphatic hydroxyl groups is 1. The Morgan fingerprint density at radius 2 is 2.22 bits per heavy atom. The summed E-state index contributed by atoms with van der Waals surface area (Å²) < 4.78 is 3.68. The zero-order valence-corrected chi connectivity index (χ0v) is 12.3. The molecule has 1 aromatic heterocycles. The quantitative estimate of drug-likeness (QED) is 0.921. The molecule has 2 nitrogen and oxygen atoms in total. The molecule has 3 rings (SSSR count). The lowest BCUT2D eigenvalue weighted by molar-refractivity contribution is 0.288. The first kappa shape index (κ1) is 12.2. The third-order valence-electron chi connectivity index (χ3n) is 3.93. The van der Waals surface area contributed by atoms with Crippen LogP contribution in [-0.4, -0.2) is 16.3 Å². The van der Waals surface area contributed by atoms with Crippen LogP contribution in [0.25, 0.3) is 10.9 Å². The Kier molecular flexibility index (Phi) is 3.20. The monoisotopic (exact) mass is 307 g/mol. The molecule has 3 heteroatoms. The normalized spacial score (nSPS) is 14.4. The van der Waals surface area contributed by atoms with Crippen LogP contribution in [0.15, 0.2) is 16.6 Å². The van der Waals surface area contributed by atoms with Crippen molar-refractivity contribution < 1.29 is 5.11 Å². The van der Waals surface area contributed by atoms with E-state index in [1.807, 2.05) is 0 Å². The zero-order valence-electron chi connectivity index (χ0n) is 10.7. The van der Waals surface area contributed by atoms with Crippen LogP contribution < -0.4 is 0 Å². The summed E-state index contributed by atoms with van der Waals surface area (Å²) in [5.74, 6) is 0. The lowest BCUT2D eigenvalue weighted by atomic mass is 9.98. The summed E-state index contributed by atoms with van der Waals surface area (Å²) >= 11 is 3.74. The van der Waals surface area contributed by atoms with E-state index in [0.29, 0.717) is 0 Å². The highest BCUT2D eigenvalue weighted by Gasteiger charge is 2.19. The van der Waals surface area contributed by atoms with Gasteiger partial charge < -0.3 is 9.67 Å². The van der Waals surface area contributed by atoms with Gasteiger partial charge in [0.2, 0.25) is 0 Å². The summed E-state index contributed by atoms with van der Waals surface area (Å²) in [5, 5.41) is 10.3. The van der Waals surface area contributed by atoms with E-state index in [-0.39, 0.29) is 6.61 Å². The average Bonchev–Trinajstić information content (AvgIpc) is 2.64. The van der Waals surface area contributed by atoms with Crippen LogP contribution in [0.2, 0.25) is 0 Å². The molecule has 0 amide bonds. The molecule has 0 saturated carbocycles. The molecule has 0 spiro atoms. The first-order chi connectivity index (χ1) is 8.72. The number of rotatable bonds is 3. The van der Waals surface area contributed by atoms with E-state index >= 15 is 0 Å². The number of hydrogen-bond donors (Lipinski definition) is 1. The fraction of sp³-hybridized carbons (Fsp3) is 0.467. The Labute approximate surface area is 116 Å². The molecule has 96 valence electrons. The second kappa shape index (κ2) is 4.71. The van der Waals surface area contributed by atoms with Crippen molar-refractivity contribution in [1.82, 2.24) is 4.57 Å². The van der Waals surface area contributed by atoms with Gasteiger partial charge in [0, 0.05) is 28.7 Å². The van der Waals surface area contributed by atoms with Crippen molar-refractivity contribution in [3.05, 3.63) is 33.4 Å². The molecule has 0 aliphatic carbocycles. The van der Waals surface area contributed by atoms with Gasteiger partial charge in [0.1, 0.15) is 0 Å². The van der Waals surface area contributed by atoms with Gasteiger partial charge in [-0.2, -0.15) is 0 Å². The van der Waals surface area contributed by atoms with Crippen LogP contribution in [0.5, 0.6) is 0 Å². The molecule has 2 heterocycles. The summed E-state index contributed by atoms with van der Waals surface area (Å²) in [6, 6.07) is 4.62. The molecule has 0 unspecified atom stereocenters. The van der Waals surface area contributed by atoms with Crippen molar-refractivity contribution >= 4 is 26.8 Å². The van der Waals surface area contributed by atoms with Crippen molar-refractivity contribution in [3.8, 4) is 0 Å². The van der Waals surface area contributed by atoms with Gasteiger partial charge in [-0.3, -0.25) is 0 Å². The van der Waals surface area contributed by atoms with Gasteiger partial charge in [-0.15, -0.1) is 0 Å². The minimum atomic E-state index is 0.272. The zero-order chi connectivity index (χ0) is 12.7. The van der Waals surface area contributed by atoms with E-state index < -0.39 is 0 Å². The third kappa shape index (κ3) is 1.81. The molecule has 1 aromatic carbocycles. The predicted molar refractivity (Wildman–Crippen MR) is 78.1 cm³/mol. The highest BCUT2D eigenvalue weighted by atomic mass is 79.9. The van der Waals surface area contributed by atoms with E-state index in [4.69, 9.17) is 5.11 Å². The summed E-state index contributed by atoms with van der Waals surface area (Å²) in [4.78, 5) is 0. The highest BCUT2D eigenvalue weighted by molar-refractivity contribution is 9.10. The Morgan fingerprint density at radius 3 is 3.00 bits per heavy atom. The van der Waals surface area contributed by atoms with Crippen molar-refractivity contribution in [2.75, 3.05) is 6.61 Å². The van der Waals surface area contributed by atoms with E-state index in [2.05, 4.69) is 39.6 Å².